The van der Waals surface area contributed by atoms with Crippen LogP contribution in [0.2, 0.25) is 0 Å². The maximum atomic E-state index is 13.2. The highest BCUT2D eigenvalue weighted by Crippen LogP contribution is 2.21. The van der Waals surface area contributed by atoms with Crippen LogP contribution in [0.25, 0.3) is 5.69 Å². The standard InChI is InChI=1S/C24H28N4O/c1-18-8-7-9-21(16-18)17-26-12-14-27(15-13-26)24(29)23-19(2)25-28(20(23)3)22-10-5-4-6-11-22/h4-11,16H,12-15,17H2,1-3H3. The number of carbonyl (C=O) groups excluding carboxylic acids is 1. The molecular formula is C24H28N4O. The van der Waals surface area contributed by atoms with Gasteiger partial charge in [0.05, 0.1) is 22.6 Å². The number of carbonyl (C=O) groups is 1. The summed E-state index contributed by atoms with van der Waals surface area (Å²) in [7, 11) is 0. The molecular weight excluding hydrogens is 360 g/mol. The van der Waals surface area contributed by atoms with Gasteiger partial charge in [0, 0.05) is 32.7 Å². The summed E-state index contributed by atoms with van der Waals surface area (Å²) in [6.45, 7) is 10.3. The number of piperazine rings is 1. The minimum atomic E-state index is 0.0948. The summed E-state index contributed by atoms with van der Waals surface area (Å²) in [6, 6.07) is 18.6. The maximum Gasteiger partial charge on any atom is 0.257 e. The normalized spacial score (nSPS) is 14.9. The van der Waals surface area contributed by atoms with Crippen molar-refractivity contribution >= 4 is 5.91 Å². The van der Waals surface area contributed by atoms with E-state index in [0.717, 1.165) is 55.4 Å². The molecule has 150 valence electrons. The van der Waals surface area contributed by atoms with Gasteiger partial charge in [0.1, 0.15) is 0 Å². The van der Waals surface area contributed by atoms with Crippen LogP contribution in [0.4, 0.5) is 0 Å². The van der Waals surface area contributed by atoms with E-state index in [1.54, 1.807) is 0 Å². The van der Waals surface area contributed by atoms with Crippen molar-refractivity contribution in [2.24, 2.45) is 0 Å². The number of para-hydroxylation sites is 1. The van der Waals surface area contributed by atoms with Crippen LogP contribution >= 0.6 is 0 Å². The van der Waals surface area contributed by atoms with Crippen molar-refractivity contribution in [3.8, 4) is 5.69 Å². The Bertz CT molecular complexity index is 1000. The lowest BCUT2D eigenvalue weighted by molar-refractivity contribution is 0.0627. The molecule has 0 saturated carbocycles. The molecule has 0 bridgehead atoms. The number of hydrogen-bond acceptors (Lipinski definition) is 3. The molecule has 0 atom stereocenters. The summed E-state index contributed by atoms with van der Waals surface area (Å²) in [6.07, 6.45) is 0. The Balaban J connectivity index is 1.44. The van der Waals surface area contributed by atoms with Crippen LogP contribution in [0.1, 0.15) is 32.9 Å². The third kappa shape index (κ3) is 4.10. The molecule has 4 rings (SSSR count). The van der Waals surface area contributed by atoms with Crippen LogP contribution in [-0.2, 0) is 6.54 Å². The average molecular weight is 389 g/mol. The van der Waals surface area contributed by atoms with Gasteiger partial charge in [-0.25, -0.2) is 4.68 Å². The number of aromatic nitrogens is 2. The van der Waals surface area contributed by atoms with Crippen LogP contribution in [0.5, 0.6) is 0 Å². The summed E-state index contributed by atoms with van der Waals surface area (Å²) in [5.74, 6) is 0.0948. The zero-order valence-corrected chi connectivity index (χ0v) is 17.4. The van der Waals surface area contributed by atoms with Gasteiger partial charge >= 0.3 is 0 Å². The van der Waals surface area contributed by atoms with Crippen LogP contribution in [-0.4, -0.2) is 51.7 Å². The van der Waals surface area contributed by atoms with Crippen molar-refractivity contribution in [1.29, 1.82) is 0 Å². The Morgan fingerprint density at radius 1 is 0.931 bits per heavy atom. The molecule has 1 aliphatic rings. The predicted molar refractivity (Wildman–Crippen MR) is 115 cm³/mol. The summed E-state index contributed by atoms with van der Waals surface area (Å²) >= 11 is 0. The summed E-state index contributed by atoms with van der Waals surface area (Å²) in [5.41, 5.74) is 6.04. The van der Waals surface area contributed by atoms with Gasteiger partial charge in [0.2, 0.25) is 0 Å². The minimum absolute atomic E-state index is 0.0948. The fourth-order valence-electron chi connectivity index (χ4n) is 4.11. The first-order chi connectivity index (χ1) is 14.0. The average Bonchev–Trinajstić information content (AvgIpc) is 3.03. The van der Waals surface area contributed by atoms with Crippen LogP contribution < -0.4 is 0 Å². The molecule has 0 spiro atoms. The predicted octanol–water partition coefficient (Wildman–Crippen LogP) is 3.76. The van der Waals surface area contributed by atoms with Gasteiger partial charge in [-0.1, -0.05) is 48.0 Å². The van der Waals surface area contributed by atoms with Gasteiger partial charge < -0.3 is 4.90 Å². The van der Waals surface area contributed by atoms with Crippen molar-refractivity contribution in [3.63, 3.8) is 0 Å². The van der Waals surface area contributed by atoms with E-state index in [1.165, 1.54) is 11.1 Å². The number of aryl methyl sites for hydroxylation is 2. The van der Waals surface area contributed by atoms with Crippen LogP contribution in [0.3, 0.4) is 0 Å². The zero-order chi connectivity index (χ0) is 20.4. The van der Waals surface area contributed by atoms with Gasteiger partial charge in [-0.3, -0.25) is 9.69 Å². The molecule has 1 aliphatic heterocycles. The molecule has 0 aliphatic carbocycles. The topological polar surface area (TPSA) is 41.4 Å². The first kappa shape index (κ1) is 19.4. The molecule has 5 nitrogen and oxygen atoms in total. The van der Waals surface area contributed by atoms with E-state index in [-0.39, 0.29) is 5.91 Å². The lowest BCUT2D eigenvalue weighted by Gasteiger charge is -2.35. The number of rotatable bonds is 4. The van der Waals surface area contributed by atoms with Gasteiger partial charge in [-0.15, -0.1) is 0 Å². The Labute approximate surface area is 172 Å². The van der Waals surface area contributed by atoms with Crippen LogP contribution in [0.15, 0.2) is 54.6 Å². The third-order valence-corrected chi connectivity index (χ3v) is 5.65. The van der Waals surface area contributed by atoms with Gasteiger partial charge in [-0.05, 0) is 38.5 Å². The number of amides is 1. The largest absolute Gasteiger partial charge is 0.336 e. The van der Waals surface area contributed by atoms with Crippen molar-refractivity contribution in [2.45, 2.75) is 27.3 Å². The number of benzene rings is 2. The fourth-order valence-corrected chi connectivity index (χ4v) is 4.11. The second-order valence-electron chi connectivity index (χ2n) is 7.85. The molecule has 3 aromatic rings. The Morgan fingerprint density at radius 2 is 1.66 bits per heavy atom. The minimum Gasteiger partial charge on any atom is -0.336 e. The highest BCUT2D eigenvalue weighted by molar-refractivity contribution is 5.96. The second kappa shape index (κ2) is 8.21. The Kier molecular flexibility index (Phi) is 5.49. The molecule has 0 N–H and O–H groups in total. The molecule has 29 heavy (non-hydrogen) atoms. The van der Waals surface area contributed by atoms with Crippen molar-refractivity contribution < 1.29 is 4.79 Å². The fraction of sp³-hybridized carbons (Fsp3) is 0.333. The molecule has 1 fully saturated rings. The summed E-state index contributed by atoms with van der Waals surface area (Å²) < 4.78 is 1.87. The smallest absolute Gasteiger partial charge is 0.257 e. The first-order valence-electron chi connectivity index (χ1n) is 10.2. The molecule has 1 amide bonds. The maximum absolute atomic E-state index is 13.2. The van der Waals surface area contributed by atoms with Crippen molar-refractivity contribution in [3.05, 3.63) is 82.7 Å². The van der Waals surface area contributed by atoms with Crippen molar-refractivity contribution in [2.75, 3.05) is 26.2 Å². The third-order valence-electron chi connectivity index (χ3n) is 5.65. The highest BCUT2D eigenvalue weighted by Gasteiger charge is 2.27. The quantitative estimate of drug-likeness (QED) is 0.683. The van der Waals surface area contributed by atoms with Crippen LogP contribution in [0, 0.1) is 20.8 Å². The van der Waals surface area contributed by atoms with E-state index in [0.29, 0.717) is 0 Å². The van der Waals surface area contributed by atoms with E-state index in [2.05, 4.69) is 41.2 Å². The van der Waals surface area contributed by atoms with Gasteiger partial charge in [-0.2, -0.15) is 5.10 Å². The lowest BCUT2D eigenvalue weighted by atomic mass is 10.1. The summed E-state index contributed by atoms with van der Waals surface area (Å²) in [4.78, 5) is 17.6. The number of hydrogen-bond donors (Lipinski definition) is 0. The van der Waals surface area contributed by atoms with E-state index in [9.17, 15) is 4.79 Å². The molecule has 5 heteroatoms. The summed E-state index contributed by atoms with van der Waals surface area (Å²) in [5, 5.41) is 4.63. The first-order valence-corrected chi connectivity index (χ1v) is 10.2. The van der Waals surface area contributed by atoms with Crippen molar-refractivity contribution in [1.82, 2.24) is 19.6 Å². The van der Waals surface area contributed by atoms with E-state index in [4.69, 9.17) is 0 Å². The van der Waals surface area contributed by atoms with E-state index < -0.39 is 0 Å². The lowest BCUT2D eigenvalue weighted by Crippen LogP contribution is -2.48. The SMILES string of the molecule is Cc1cccc(CN2CCN(C(=O)c3c(C)nn(-c4ccccc4)c3C)CC2)c1. The zero-order valence-electron chi connectivity index (χ0n) is 17.4. The Morgan fingerprint density at radius 3 is 2.34 bits per heavy atom. The van der Waals surface area contributed by atoms with E-state index >= 15 is 0 Å². The molecule has 1 aromatic heterocycles. The highest BCUT2D eigenvalue weighted by atomic mass is 16.2. The molecule has 1 saturated heterocycles. The molecule has 0 unspecified atom stereocenters. The second-order valence-corrected chi connectivity index (χ2v) is 7.85. The number of nitrogens with zero attached hydrogens (tertiary/aromatic N) is 4. The molecule has 2 heterocycles. The molecule has 2 aromatic carbocycles. The van der Waals surface area contributed by atoms with Gasteiger partial charge in [0.25, 0.3) is 5.91 Å². The molecule has 0 radical (unpaired) electrons. The van der Waals surface area contributed by atoms with Gasteiger partial charge in [0.15, 0.2) is 0 Å². The Hall–Kier alpha value is -2.92. The van der Waals surface area contributed by atoms with E-state index in [1.807, 2.05) is 53.8 Å². The monoisotopic (exact) mass is 388 g/mol.